The molecule has 30 heavy (non-hydrogen) atoms. The lowest BCUT2D eigenvalue weighted by molar-refractivity contribution is -0.149. The molecule has 1 fully saturated rings. The summed E-state index contributed by atoms with van der Waals surface area (Å²) in [5.41, 5.74) is 1.67. The number of para-hydroxylation sites is 1. The highest BCUT2D eigenvalue weighted by atomic mass is 16.5. The molecule has 0 heterocycles. The van der Waals surface area contributed by atoms with Gasteiger partial charge in [0.15, 0.2) is 6.61 Å². The number of hydrogen-bond donors (Lipinski definition) is 2. The number of ether oxygens (including phenoxy) is 1. The Morgan fingerprint density at radius 2 is 1.67 bits per heavy atom. The van der Waals surface area contributed by atoms with Crippen molar-refractivity contribution in [3.63, 3.8) is 0 Å². The number of anilines is 1. The van der Waals surface area contributed by atoms with E-state index in [4.69, 9.17) is 4.74 Å². The zero-order valence-corrected chi connectivity index (χ0v) is 17.2. The summed E-state index contributed by atoms with van der Waals surface area (Å²) in [6, 6.07) is 16.4. The molecule has 2 aromatic carbocycles. The Labute approximate surface area is 177 Å². The lowest BCUT2D eigenvalue weighted by atomic mass is 9.97. The van der Waals surface area contributed by atoms with Crippen molar-refractivity contribution in [3.05, 3.63) is 65.7 Å². The molecular formula is C24H28N2O4. The van der Waals surface area contributed by atoms with Crippen LogP contribution < -0.4 is 10.6 Å². The van der Waals surface area contributed by atoms with Gasteiger partial charge in [-0.25, -0.2) is 0 Å². The van der Waals surface area contributed by atoms with Crippen LogP contribution in [-0.4, -0.2) is 30.4 Å². The van der Waals surface area contributed by atoms with Gasteiger partial charge in [-0.15, -0.1) is 0 Å². The molecule has 3 rings (SSSR count). The van der Waals surface area contributed by atoms with E-state index in [-0.39, 0.29) is 11.9 Å². The summed E-state index contributed by atoms with van der Waals surface area (Å²) in [4.78, 5) is 37.4. The quantitative estimate of drug-likeness (QED) is 0.646. The zero-order chi connectivity index (χ0) is 21.3. The highest BCUT2D eigenvalue weighted by molar-refractivity contribution is 6.04. The average molecular weight is 408 g/mol. The zero-order valence-electron chi connectivity index (χ0n) is 17.2. The van der Waals surface area contributed by atoms with Crippen molar-refractivity contribution in [2.75, 3.05) is 11.9 Å². The van der Waals surface area contributed by atoms with Crippen LogP contribution in [0.5, 0.6) is 0 Å². The summed E-state index contributed by atoms with van der Waals surface area (Å²) >= 11 is 0. The lowest BCUT2D eigenvalue weighted by Crippen LogP contribution is -2.33. The fourth-order valence-corrected chi connectivity index (χ4v) is 3.77. The van der Waals surface area contributed by atoms with Crippen molar-refractivity contribution in [1.29, 1.82) is 0 Å². The van der Waals surface area contributed by atoms with Crippen LogP contribution in [0.4, 0.5) is 5.69 Å². The second kappa shape index (κ2) is 10.6. The number of carbonyl (C=O) groups is 3. The monoisotopic (exact) mass is 408 g/mol. The second-order valence-electron chi connectivity index (χ2n) is 7.53. The first-order valence-corrected chi connectivity index (χ1v) is 10.5. The van der Waals surface area contributed by atoms with E-state index in [9.17, 15) is 14.4 Å². The van der Waals surface area contributed by atoms with Gasteiger partial charge in [0.1, 0.15) is 0 Å². The van der Waals surface area contributed by atoms with Crippen LogP contribution >= 0.6 is 0 Å². The molecule has 0 bridgehead atoms. The highest BCUT2D eigenvalue weighted by Gasteiger charge is 2.22. The van der Waals surface area contributed by atoms with Gasteiger partial charge in [0.05, 0.1) is 17.2 Å². The predicted octanol–water partition coefficient (Wildman–Crippen LogP) is 4.03. The summed E-state index contributed by atoms with van der Waals surface area (Å²) in [5.74, 6) is -1.54. The molecule has 0 spiro atoms. The third kappa shape index (κ3) is 5.69. The third-order valence-electron chi connectivity index (χ3n) is 5.38. The van der Waals surface area contributed by atoms with Crippen LogP contribution in [0.25, 0.3) is 0 Å². The van der Waals surface area contributed by atoms with Crippen LogP contribution in [0.2, 0.25) is 0 Å². The van der Waals surface area contributed by atoms with E-state index >= 15 is 0 Å². The van der Waals surface area contributed by atoms with E-state index in [2.05, 4.69) is 10.6 Å². The summed E-state index contributed by atoms with van der Waals surface area (Å²) in [6.45, 7) is 1.50. The van der Waals surface area contributed by atoms with Crippen LogP contribution in [0, 0.1) is 0 Å². The third-order valence-corrected chi connectivity index (χ3v) is 5.38. The molecule has 0 radical (unpaired) electrons. The molecule has 2 amide bonds. The fourth-order valence-electron chi connectivity index (χ4n) is 3.77. The number of carbonyl (C=O) groups excluding carboxylic acids is 3. The fraction of sp³-hybridized carbons (Fsp3) is 0.375. The Bertz CT molecular complexity index is 876. The summed E-state index contributed by atoms with van der Waals surface area (Å²) < 4.78 is 5.24. The van der Waals surface area contributed by atoms with Gasteiger partial charge in [0.2, 0.25) is 0 Å². The Morgan fingerprint density at radius 3 is 2.37 bits per heavy atom. The molecule has 1 aliphatic carbocycles. The first-order chi connectivity index (χ1) is 14.6. The Morgan fingerprint density at radius 1 is 1.00 bits per heavy atom. The van der Waals surface area contributed by atoms with Gasteiger partial charge in [0.25, 0.3) is 11.8 Å². The van der Waals surface area contributed by atoms with Gasteiger partial charge < -0.3 is 15.4 Å². The van der Waals surface area contributed by atoms with Crippen LogP contribution in [-0.2, 0) is 14.3 Å². The maximum absolute atomic E-state index is 12.6. The highest BCUT2D eigenvalue weighted by Crippen LogP contribution is 2.22. The van der Waals surface area contributed by atoms with Gasteiger partial charge in [-0.1, -0.05) is 62.2 Å². The van der Waals surface area contributed by atoms with Gasteiger partial charge in [0, 0.05) is 6.04 Å². The molecule has 0 unspecified atom stereocenters. The maximum atomic E-state index is 12.6. The molecule has 0 aromatic heterocycles. The SMILES string of the molecule is CC[C@H](C(=O)OCC(=O)Nc1ccccc1C(=O)NC1CCCC1)c1ccccc1. The molecule has 2 aromatic rings. The molecule has 1 saturated carbocycles. The number of esters is 1. The van der Waals surface area contributed by atoms with Gasteiger partial charge in [-0.3, -0.25) is 14.4 Å². The number of amides is 2. The van der Waals surface area contributed by atoms with Crippen molar-refractivity contribution in [2.24, 2.45) is 0 Å². The molecule has 2 N–H and O–H groups in total. The minimum Gasteiger partial charge on any atom is -0.455 e. The molecule has 158 valence electrons. The van der Waals surface area contributed by atoms with Gasteiger partial charge >= 0.3 is 5.97 Å². The number of benzene rings is 2. The van der Waals surface area contributed by atoms with Crippen molar-refractivity contribution in [2.45, 2.75) is 51.0 Å². The first kappa shape index (κ1) is 21.6. The Kier molecular flexibility index (Phi) is 7.60. The van der Waals surface area contributed by atoms with Gasteiger partial charge in [-0.2, -0.15) is 0 Å². The molecule has 0 saturated heterocycles. The largest absolute Gasteiger partial charge is 0.455 e. The van der Waals surface area contributed by atoms with E-state index in [1.54, 1.807) is 24.3 Å². The lowest BCUT2D eigenvalue weighted by Gasteiger charge is -2.16. The minimum atomic E-state index is -0.479. The van der Waals surface area contributed by atoms with Crippen molar-refractivity contribution >= 4 is 23.5 Å². The number of hydrogen-bond acceptors (Lipinski definition) is 4. The second-order valence-corrected chi connectivity index (χ2v) is 7.53. The van der Waals surface area contributed by atoms with Gasteiger partial charge in [-0.05, 0) is 37.0 Å². The van der Waals surface area contributed by atoms with Crippen LogP contribution in [0.3, 0.4) is 0 Å². The van der Waals surface area contributed by atoms with E-state index in [0.717, 1.165) is 31.2 Å². The summed E-state index contributed by atoms with van der Waals surface area (Å²) in [7, 11) is 0. The summed E-state index contributed by atoms with van der Waals surface area (Å²) in [6.07, 6.45) is 4.79. The molecule has 1 atom stereocenters. The molecule has 0 aliphatic heterocycles. The predicted molar refractivity (Wildman–Crippen MR) is 115 cm³/mol. The normalized spacial score (nSPS) is 14.7. The topological polar surface area (TPSA) is 84.5 Å². The van der Waals surface area contributed by atoms with E-state index < -0.39 is 24.4 Å². The number of nitrogens with one attached hydrogen (secondary N) is 2. The maximum Gasteiger partial charge on any atom is 0.313 e. The average Bonchev–Trinajstić information content (AvgIpc) is 3.27. The summed E-state index contributed by atoms with van der Waals surface area (Å²) in [5, 5.41) is 5.72. The smallest absolute Gasteiger partial charge is 0.313 e. The Hall–Kier alpha value is -3.15. The molecule has 1 aliphatic rings. The van der Waals surface area contributed by atoms with E-state index in [1.165, 1.54) is 0 Å². The van der Waals surface area contributed by atoms with Crippen molar-refractivity contribution in [3.8, 4) is 0 Å². The Balaban J connectivity index is 1.57. The molecule has 6 nitrogen and oxygen atoms in total. The first-order valence-electron chi connectivity index (χ1n) is 10.5. The standard InChI is InChI=1S/C24H28N2O4/c1-2-19(17-10-4-3-5-11-17)24(29)30-16-22(27)26-21-15-9-8-14-20(21)23(28)25-18-12-6-7-13-18/h3-5,8-11,14-15,18-19H,2,6-7,12-13,16H2,1H3,(H,25,28)(H,26,27)/t19-/m0/s1. The molecule has 6 heteroatoms. The van der Waals surface area contributed by atoms with Crippen molar-refractivity contribution in [1.82, 2.24) is 5.32 Å². The van der Waals surface area contributed by atoms with Crippen molar-refractivity contribution < 1.29 is 19.1 Å². The molecular weight excluding hydrogens is 380 g/mol. The minimum absolute atomic E-state index is 0.186. The van der Waals surface area contributed by atoms with Crippen LogP contribution in [0.15, 0.2) is 54.6 Å². The van der Waals surface area contributed by atoms with E-state index in [0.29, 0.717) is 17.7 Å². The number of rotatable bonds is 8. The van der Waals surface area contributed by atoms with Crippen LogP contribution in [0.1, 0.15) is 60.9 Å². The van der Waals surface area contributed by atoms with E-state index in [1.807, 2.05) is 37.3 Å².